The largest absolute Gasteiger partial charge is 0.363 e. The van der Waals surface area contributed by atoms with Gasteiger partial charge in [0, 0.05) is 32.0 Å². The first-order valence-electron chi connectivity index (χ1n) is 8.94. The predicted molar refractivity (Wildman–Crippen MR) is 95.8 cm³/mol. The highest BCUT2D eigenvalue weighted by Gasteiger charge is 2.43. The Hall–Kier alpha value is -2.74. The average Bonchev–Trinajstić information content (AvgIpc) is 3.10. The molecule has 0 saturated carbocycles. The van der Waals surface area contributed by atoms with E-state index in [4.69, 9.17) is 4.74 Å². The maximum absolute atomic E-state index is 13.6. The number of rotatable bonds is 2. The lowest BCUT2D eigenvalue weighted by molar-refractivity contribution is -0.143. The van der Waals surface area contributed by atoms with E-state index in [-0.39, 0.29) is 24.2 Å². The summed E-state index contributed by atoms with van der Waals surface area (Å²) in [5.74, 6) is -0.607. The fourth-order valence-electron chi connectivity index (χ4n) is 3.73. The monoisotopic (exact) mass is 372 g/mol. The minimum absolute atomic E-state index is 0.0347. The van der Waals surface area contributed by atoms with Crippen LogP contribution in [0.25, 0.3) is 0 Å². The van der Waals surface area contributed by atoms with Gasteiger partial charge < -0.3 is 14.5 Å². The molecule has 2 fully saturated rings. The van der Waals surface area contributed by atoms with Crippen molar-refractivity contribution >= 4 is 17.5 Å². The number of ether oxygens (including phenoxy) is 1. The fourth-order valence-corrected chi connectivity index (χ4v) is 3.73. The van der Waals surface area contributed by atoms with Crippen LogP contribution in [0, 0.1) is 5.82 Å². The lowest BCUT2D eigenvalue weighted by Gasteiger charge is -2.46. The summed E-state index contributed by atoms with van der Waals surface area (Å²) >= 11 is 0. The summed E-state index contributed by atoms with van der Waals surface area (Å²) in [7, 11) is 1.77. The van der Waals surface area contributed by atoms with Gasteiger partial charge in [-0.05, 0) is 31.0 Å². The smallest absolute Gasteiger partial charge is 0.257 e. The first-order chi connectivity index (χ1) is 13.0. The van der Waals surface area contributed by atoms with Gasteiger partial charge in [0.25, 0.3) is 11.8 Å². The van der Waals surface area contributed by atoms with Crippen LogP contribution >= 0.6 is 0 Å². The third kappa shape index (κ3) is 3.44. The third-order valence-corrected chi connectivity index (χ3v) is 5.28. The zero-order chi connectivity index (χ0) is 19.0. The normalized spacial score (nSPS) is 19.6. The van der Waals surface area contributed by atoms with E-state index in [2.05, 4.69) is 5.10 Å². The Kier molecular flexibility index (Phi) is 4.43. The summed E-state index contributed by atoms with van der Waals surface area (Å²) in [5, 5.41) is 4.04. The summed E-state index contributed by atoms with van der Waals surface area (Å²) in [6.07, 6.45) is 4.51. The molecule has 3 heterocycles. The van der Waals surface area contributed by atoms with Gasteiger partial charge in [-0.2, -0.15) is 5.10 Å². The van der Waals surface area contributed by atoms with Crippen LogP contribution in [-0.2, 0) is 16.6 Å². The van der Waals surface area contributed by atoms with Crippen LogP contribution in [0.3, 0.4) is 0 Å². The summed E-state index contributed by atoms with van der Waals surface area (Å²) in [5.41, 5.74) is 0.595. The Bertz CT molecular complexity index is 873. The van der Waals surface area contributed by atoms with Crippen molar-refractivity contribution in [1.29, 1.82) is 0 Å². The Morgan fingerprint density at radius 3 is 2.74 bits per heavy atom. The molecule has 0 unspecified atom stereocenters. The van der Waals surface area contributed by atoms with E-state index in [9.17, 15) is 14.0 Å². The maximum atomic E-state index is 13.6. The van der Waals surface area contributed by atoms with Crippen molar-refractivity contribution in [2.24, 2.45) is 7.05 Å². The molecule has 142 valence electrons. The van der Waals surface area contributed by atoms with E-state index in [0.29, 0.717) is 43.7 Å². The van der Waals surface area contributed by atoms with Gasteiger partial charge in [0.1, 0.15) is 12.4 Å². The zero-order valence-corrected chi connectivity index (χ0v) is 15.1. The molecular weight excluding hydrogens is 351 g/mol. The van der Waals surface area contributed by atoms with Crippen LogP contribution in [0.15, 0.2) is 36.7 Å². The van der Waals surface area contributed by atoms with Crippen molar-refractivity contribution in [3.05, 3.63) is 48.0 Å². The molecule has 1 aromatic heterocycles. The van der Waals surface area contributed by atoms with E-state index in [0.717, 1.165) is 0 Å². The lowest BCUT2D eigenvalue weighted by Crippen LogP contribution is -2.59. The number of hydrogen-bond donors (Lipinski definition) is 0. The molecule has 2 aromatic rings. The van der Waals surface area contributed by atoms with Gasteiger partial charge in [-0.25, -0.2) is 4.39 Å². The minimum atomic E-state index is -0.508. The Morgan fingerprint density at radius 2 is 2.07 bits per heavy atom. The van der Waals surface area contributed by atoms with Crippen LogP contribution < -0.4 is 4.90 Å². The number of carbonyl (C=O) groups excluding carboxylic acids is 2. The highest BCUT2D eigenvalue weighted by molar-refractivity contribution is 5.95. The van der Waals surface area contributed by atoms with Gasteiger partial charge >= 0.3 is 0 Å². The fraction of sp³-hybridized carbons (Fsp3) is 0.421. The van der Waals surface area contributed by atoms with Crippen LogP contribution in [0.2, 0.25) is 0 Å². The predicted octanol–water partition coefficient (Wildman–Crippen LogP) is 1.60. The number of piperidine rings is 1. The summed E-state index contributed by atoms with van der Waals surface area (Å²) in [4.78, 5) is 28.3. The van der Waals surface area contributed by atoms with Gasteiger partial charge in [0.15, 0.2) is 0 Å². The SMILES string of the molecule is Cn1cc(C(=O)N2CCC3(CC2)CN(c2cccc(F)c2)C(=O)CO3)cn1. The minimum Gasteiger partial charge on any atom is -0.363 e. The molecule has 0 aliphatic carbocycles. The number of benzene rings is 1. The number of likely N-dealkylation sites (tertiary alicyclic amines) is 1. The number of nitrogens with zero attached hydrogens (tertiary/aromatic N) is 4. The van der Waals surface area contributed by atoms with Gasteiger partial charge in [-0.15, -0.1) is 0 Å². The standard InChI is InChI=1S/C19H21FN4O3/c1-22-11-14(10-21-22)18(26)23-7-5-19(6-8-23)13-24(17(25)12-27-19)16-4-2-3-15(20)9-16/h2-4,9-11H,5-8,12-13H2,1H3. The molecule has 1 spiro atoms. The molecule has 7 nitrogen and oxygen atoms in total. The van der Waals surface area contributed by atoms with E-state index >= 15 is 0 Å². The number of amides is 2. The average molecular weight is 372 g/mol. The summed E-state index contributed by atoms with van der Waals surface area (Å²) < 4.78 is 21.1. The topological polar surface area (TPSA) is 67.7 Å². The first kappa shape index (κ1) is 17.7. The van der Waals surface area contributed by atoms with Crippen molar-refractivity contribution < 1.29 is 18.7 Å². The van der Waals surface area contributed by atoms with E-state index in [1.54, 1.807) is 46.1 Å². The quantitative estimate of drug-likeness (QED) is 0.803. The maximum Gasteiger partial charge on any atom is 0.257 e. The van der Waals surface area contributed by atoms with E-state index in [1.165, 1.54) is 12.1 Å². The molecule has 2 aliphatic heterocycles. The molecule has 0 N–H and O–H groups in total. The molecule has 0 atom stereocenters. The van der Waals surface area contributed by atoms with Crippen LogP contribution in [-0.4, -0.2) is 58.3 Å². The molecule has 4 rings (SSSR count). The van der Waals surface area contributed by atoms with Crippen molar-refractivity contribution in [3.8, 4) is 0 Å². The van der Waals surface area contributed by atoms with Gasteiger partial charge in [-0.1, -0.05) is 6.07 Å². The third-order valence-electron chi connectivity index (χ3n) is 5.28. The number of halogens is 1. The molecule has 1 aromatic carbocycles. The Morgan fingerprint density at radius 1 is 1.30 bits per heavy atom. The molecule has 0 radical (unpaired) electrons. The van der Waals surface area contributed by atoms with E-state index < -0.39 is 5.60 Å². The second kappa shape index (κ2) is 6.77. The summed E-state index contributed by atoms with van der Waals surface area (Å²) in [6, 6.07) is 6.03. The van der Waals surface area contributed by atoms with Crippen LogP contribution in [0.1, 0.15) is 23.2 Å². The molecule has 2 saturated heterocycles. The number of carbonyl (C=O) groups is 2. The zero-order valence-electron chi connectivity index (χ0n) is 15.1. The second-order valence-electron chi connectivity index (χ2n) is 7.13. The Balaban J connectivity index is 1.46. The van der Waals surface area contributed by atoms with Crippen molar-refractivity contribution in [2.45, 2.75) is 18.4 Å². The number of hydrogen-bond acceptors (Lipinski definition) is 4. The first-order valence-corrected chi connectivity index (χ1v) is 8.94. The van der Waals surface area contributed by atoms with E-state index in [1.807, 2.05) is 0 Å². The van der Waals surface area contributed by atoms with Crippen molar-refractivity contribution in [3.63, 3.8) is 0 Å². The summed E-state index contributed by atoms with van der Waals surface area (Å²) in [6.45, 7) is 1.41. The number of aryl methyl sites for hydroxylation is 1. The number of aromatic nitrogens is 2. The van der Waals surface area contributed by atoms with Crippen LogP contribution in [0.4, 0.5) is 10.1 Å². The highest BCUT2D eigenvalue weighted by atomic mass is 19.1. The number of anilines is 1. The van der Waals surface area contributed by atoms with Crippen molar-refractivity contribution in [1.82, 2.24) is 14.7 Å². The highest BCUT2D eigenvalue weighted by Crippen LogP contribution is 2.33. The van der Waals surface area contributed by atoms with Gasteiger partial charge in [0.05, 0.1) is 23.9 Å². The van der Waals surface area contributed by atoms with Crippen molar-refractivity contribution in [2.75, 3.05) is 31.1 Å². The molecule has 8 heteroatoms. The lowest BCUT2D eigenvalue weighted by atomic mass is 9.88. The van der Waals surface area contributed by atoms with Gasteiger partial charge in [0.2, 0.25) is 0 Å². The Labute approximate surface area is 156 Å². The molecule has 2 aliphatic rings. The molecule has 2 amide bonds. The number of morpholine rings is 1. The molecule has 27 heavy (non-hydrogen) atoms. The molecular formula is C19H21FN4O3. The van der Waals surface area contributed by atoms with Gasteiger partial charge in [-0.3, -0.25) is 14.3 Å². The molecule has 0 bridgehead atoms. The van der Waals surface area contributed by atoms with Crippen LogP contribution in [0.5, 0.6) is 0 Å². The second-order valence-corrected chi connectivity index (χ2v) is 7.13.